The largest absolute Gasteiger partial charge is 0.444 e. The van der Waals surface area contributed by atoms with E-state index in [-0.39, 0.29) is 26.2 Å². The second-order valence-electron chi connectivity index (χ2n) is 14.4. The molecule has 4 aliphatic heterocycles. The highest BCUT2D eigenvalue weighted by Crippen LogP contribution is 2.42. The van der Waals surface area contributed by atoms with Crippen LogP contribution in [0.2, 0.25) is 0 Å². The molecule has 23 heteroatoms. The summed E-state index contributed by atoms with van der Waals surface area (Å²) in [4.78, 5) is 53.7. The minimum Gasteiger partial charge on any atom is -0.444 e. The van der Waals surface area contributed by atoms with Gasteiger partial charge in [-0.05, 0) is 67.2 Å². The number of urea groups is 2. The number of carbonyl (C=O) groups is 4. The lowest BCUT2D eigenvalue weighted by atomic mass is 10.0. The molecule has 0 spiro atoms. The van der Waals surface area contributed by atoms with Gasteiger partial charge in [0.1, 0.15) is 31.2 Å². The maximum absolute atomic E-state index is 13.4. The lowest BCUT2D eigenvalue weighted by molar-refractivity contribution is -0.0841. The Bertz CT molecular complexity index is 1650. The summed E-state index contributed by atoms with van der Waals surface area (Å²) in [6.45, 7) is 11.1. The number of amides is 6. The molecule has 4 atom stereocenters. The van der Waals surface area contributed by atoms with Gasteiger partial charge in [0.25, 0.3) is 0 Å². The number of piperidine rings is 2. The third-order valence-corrected chi connectivity index (χ3v) is 10.8. The molecule has 2 aromatic rings. The average molecular weight is 773 g/mol. The Hall–Kier alpha value is -3.93. The van der Waals surface area contributed by atoms with Gasteiger partial charge in [0.05, 0.1) is 37.3 Å². The van der Waals surface area contributed by atoms with Crippen molar-refractivity contribution in [1.29, 1.82) is 0 Å². The van der Waals surface area contributed by atoms with Gasteiger partial charge >= 0.3 is 34.6 Å². The molecule has 4 aliphatic rings. The minimum absolute atomic E-state index is 0.0875. The van der Waals surface area contributed by atoms with Crippen LogP contribution in [0.15, 0.2) is 0 Å². The number of carbonyl (C=O) groups excluding carboxylic acids is 4. The van der Waals surface area contributed by atoms with Crippen molar-refractivity contribution in [3.63, 3.8) is 0 Å². The van der Waals surface area contributed by atoms with E-state index in [9.17, 15) is 27.6 Å². The van der Waals surface area contributed by atoms with Crippen LogP contribution < -0.4 is 10.6 Å². The molecular formula is C28H40N10O10S3. The van der Waals surface area contributed by atoms with Crippen molar-refractivity contribution >= 4 is 57.3 Å². The number of hydroxylamine groups is 4. The molecule has 0 saturated carbocycles. The van der Waals surface area contributed by atoms with E-state index in [0.717, 1.165) is 10.1 Å². The monoisotopic (exact) mass is 772 g/mol. The van der Waals surface area contributed by atoms with E-state index in [1.54, 1.807) is 41.5 Å². The zero-order valence-corrected chi connectivity index (χ0v) is 31.3. The summed E-state index contributed by atoms with van der Waals surface area (Å²) in [5.74, 6) is 0. The standard InChI is InChI=1S/C28H40N10O10S3/c1-27(2,3)45-23(39)29-11-19-31-33-21(49-19)17-9-7-15-13-35(17)25(41)37(15)47-51(43,44)48-38-16-8-10-18(36(14-16)26(38)42)22-34-32-20(50-22)12-30-24(40)46-28(4,5)6/h15-18H,7-14H2,1-6H3,(H,29,39)(H,30,40)/t15-,16-,17+,18+/m1/s1. The number of fused-ring (bicyclic) bond motifs is 4. The van der Waals surface area contributed by atoms with Crippen LogP contribution in [0.3, 0.4) is 0 Å². The highest BCUT2D eigenvalue weighted by Gasteiger charge is 2.52. The molecule has 51 heavy (non-hydrogen) atoms. The van der Waals surface area contributed by atoms with E-state index >= 15 is 0 Å². The molecule has 20 nitrogen and oxygen atoms in total. The number of alkyl carbamates (subject to hydrolysis) is 2. The quantitative estimate of drug-likeness (QED) is 0.354. The molecule has 4 fully saturated rings. The molecule has 6 rings (SSSR count). The number of ether oxygens (including phenoxy) is 2. The van der Waals surface area contributed by atoms with Crippen molar-refractivity contribution in [1.82, 2.24) is 51.0 Å². The Balaban J connectivity index is 1.03. The highest BCUT2D eigenvalue weighted by molar-refractivity contribution is 7.81. The van der Waals surface area contributed by atoms with Crippen LogP contribution in [0, 0.1) is 0 Å². The molecule has 0 aromatic carbocycles. The van der Waals surface area contributed by atoms with Crippen molar-refractivity contribution in [2.45, 2.75) is 116 Å². The van der Waals surface area contributed by atoms with Crippen molar-refractivity contribution in [2.75, 3.05) is 13.1 Å². The Morgan fingerprint density at radius 2 is 1.10 bits per heavy atom. The van der Waals surface area contributed by atoms with Gasteiger partial charge in [-0.2, -0.15) is 18.5 Å². The third-order valence-electron chi connectivity index (χ3n) is 8.09. The first-order chi connectivity index (χ1) is 23.9. The van der Waals surface area contributed by atoms with Gasteiger partial charge in [-0.25, -0.2) is 19.2 Å². The summed E-state index contributed by atoms with van der Waals surface area (Å²) in [6.07, 6.45) is 0.561. The SMILES string of the molecule is CC(C)(C)OC(=O)NCc1nnc([C@@H]2CC[C@@H]3CN2C(=O)N3OS(=O)(=O)ON2C(=O)N3C[C@H]2CC[C@H]3c2nnc(CNC(=O)OC(C)(C)C)s2)s1. The molecular weight excluding hydrogens is 733 g/mol. The summed E-state index contributed by atoms with van der Waals surface area (Å²) in [6, 6.07) is -3.49. The second kappa shape index (κ2) is 13.9. The zero-order chi connectivity index (χ0) is 36.9. The van der Waals surface area contributed by atoms with Crippen LogP contribution in [-0.2, 0) is 41.5 Å². The molecule has 0 radical (unpaired) electrons. The molecule has 6 heterocycles. The fraction of sp³-hybridized carbons (Fsp3) is 0.714. The lowest BCUT2D eigenvalue weighted by Gasteiger charge is -2.28. The number of aromatic nitrogens is 4. The van der Waals surface area contributed by atoms with Crippen molar-refractivity contribution in [3.8, 4) is 0 Å². The molecule has 2 aromatic heterocycles. The van der Waals surface area contributed by atoms with Crippen molar-refractivity contribution < 1.29 is 45.6 Å². The normalized spacial score (nSPS) is 23.6. The molecule has 280 valence electrons. The first-order valence-electron chi connectivity index (χ1n) is 16.3. The van der Waals surface area contributed by atoms with E-state index in [0.29, 0.717) is 45.7 Å². The van der Waals surface area contributed by atoms with Gasteiger partial charge in [-0.3, -0.25) is 0 Å². The second-order valence-corrected chi connectivity index (χ2v) is 17.7. The summed E-state index contributed by atoms with van der Waals surface area (Å²) in [7, 11) is -4.90. The predicted octanol–water partition coefficient (Wildman–Crippen LogP) is 3.13. The van der Waals surface area contributed by atoms with E-state index in [4.69, 9.17) is 18.0 Å². The Labute approximate surface area is 302 Å². The number of hydrogen-bond acceptors (Lipinski definition) is 16. The minimum atomic E-state index is -4.90. The van der Waals surface area contributed by atoms with Crippen LogP contribution in [0.5, 0.6) is 0 Å². The number of hydrogen-bond donors (Lipinski definition) is 2. The Morgan fingerprint density at radius 3 is 1.47 bits per heavy atom. The Morgan fingerprint density at radius 1 is 0.706 bits per heavy atom. The van der Waals surface area contributed by atoms with Crippen LogP contribution in [0.25, 0.3) is 0 Å². The molecule has 4 saturated heterocycles. The maximum atomic E-state index is 13.4. The molecule has 4 bridgehead atoms. The molecule has 0 unspecified atom stereocenters. The van der Waals surface area contributed by atoms with Crippen LogP contribution in [0.1, 0.15) is 99.3 Å². The summed E-state index contributed by atoms with van der Waals surface area (Å²) in [5, 5.41) is 25.5. The Kier molecular flexibility index (Phi) is 10.0. The molecule has 0 aliphatic carbocycles. The first kappa shape index (κ1) is 36.8. The van der Waals surface area contributed by atoms with Gasteiger partial charge < -0.3 is 29.9 Å². The van der Waals surface area contributed by atoms with Crippen LogP contribution >= 0.6 is 22.7 Å². The molecule has 6 amide bonds. The van der Waals surface area contributed by atoms with E-state index < -0.39 is 70.0 Å². The van der Waals surface area contributed by atoms with Gasteiger partial charge in [-0.1, -0.05) is 22.7 Å². The summed E-state index contributed by atoms with van der Waals surface area (Å²) in [5.41, 5.74) is -1.31. The van der Waals surface area contributed by atoms with Gasteiger partial charge in [0.2, 0.25) is 0 Å². The maximum Gasteiger partial charge on any atom is 0.442 e. The highest BCUT2D eigenvalue weighted by atomic mass is 32.3. The predicted molar refractivity (Wildman–Crippen MR) is 176 cm³/mol. The first-order valence-corrected chi connectivity index (χ1v) is 19.2. The topological polar surface area (TPSA) is 228 Å². The van der Waals surface area contributed by atoms with Gasteiger partial charge in [0.15, 0.2) is 0 Å². The van der Waals surface area contributed by atoms with E-state index in [1.807, 2.05) is 0 Å². The van der Waals surface area contributed by atoms with Crippen LogP contribution in [0.4, 0.5) is 19.2 Å². The van der Waals surface area contributed by atoms with Gasteiger partial charge in [-0.15, -0.1) is 29.0 Å². The number of nitrogens with zero attached hydrogens (tertiary/aromatic N) is 8. The van der Waals surface area contributed by atoms with Crippen molar-refractivity contribution in [3.05, 3.63) is 20.0 Å². The van der Waals surface area contributed by atoms with Crippen LogP contribution in [-0.4, -0.2) is 109 Å². The summed E-state index contributed by atoms with van der Waals surface area (Å²) >= 11 is 2.44. The summed E-state index contributed by atoms with van der Waals surface area (Å²) < 4.78 is 47.1. The van der Waals surface area contributed by atoms with E-state index in [2.05, 4.69) is 31.0 Å². The van der Waals surface area contributed by atoms with Gasteiger partial charge in [0, 0.05) is 13.1 Å². The zero-order valence-electron chi connectivity index (χ0n) is 28.9. The lowest BCUT2D eigenvalue weighted by Crippen LogP contribution is -2.41. The number of nitrogens with one attached hydrogen (secondary N) is 2. The van der Waals surface area contributed by atoms with E-state index in [1.165, 1.54) is 32.5 Å². The third kappa shape index (κ3) is 8.59. The molecule has 2 N–H and O–H groups in total. The smallest absolute Gasteiger partial charge is 0.442 e. The average Bonchev–Trinajstić information content (AvgIpc) is 3.80. The van der Waals surface area contributed by atoms with Crippen molar-refractivity contribution in [2.24, 2.45) is 0 Å². The fourth-order valence-electron chi connectivity index (χ4n) is 6.05. The fourth-order valence-corrected chi connectivity index (χ4v) is 8.71. The number of rotatable bonds is 10.